The first-order valence-corrected chi connectivity index (χ1v) is 30.2. The highest BCUT2D eigenvalue weighted by Crippen LogP contribution is 2.60. The first kappa shape index (κ1) is 56.2. The van der Waals surface area contributed by atoms with E-state index in [2.05, 4.69) is 61.7 Å². The van der Waals surface area contributed by atoms with E-state index in [0.29, 0.717) is 0 Å². The average molecular weight is 1160 g/mol. The second-order valence-electron chi connectivity index (χ2n) is 17.1. The molecule has 0 bridgehead atoms. The molecule has 0 amide bonds. The molecule has 4 saturated heterocycles. The lowest BCUT2D eigenvalue weighted by Gasteiger charge is -2.26. The third-order valence-corrected chi connectivity index (χ3v) is 16.8. The van der Waals surface area contributed by atoms with Crippen LogP contribution in [0, 0.1) is 6.92 Å². The number of aryl methyl sites for hydroxylation is 1. The zero-order chi connectivity index (χ0) is 53.4. The van der Waals surface area contributed by atoms with Crippen LogP contribution in [0.5, 0.6) is 0 Å². The molecule has 10 N–H and O–H groups in total. The lowest BCUT2D eigenvalue weighted by Crippen LogP contribution is -2.33. The van der Waals surface area contributed by atoms with Gasteiger partial charge in [-0.25, -0.2) is 32.9 Å². The van der Waals surface area contributed by atoms with Gasteiger partial charge in [0.1, 0.15) is 78.9 Å². The molecule has 0 aliphatic carbocycles. The van der Waals surface area contributed by atoms with E-state index in [1.807, 2.05) is 0 Å². The van der Waals surface area contributed by atoms with Crippen LogP contribution in [-0.2, 0) is 59.8 Å². The number of hydrogen-bond donors (Lipinski definition) is 10. The van der Waals surface area contributed by atoms with Gasteiger partial charge in [-0.15, -0.1) is 0 Å². The maximum absolute atomic E-state index is 14.2. The Labute approximate surface area is 431 Å². The fourth-order valence-electron chi connectivity index (χ4n) is 8.36. The number of rotatable bonds is 20. The number of anilines is 3. The Kier molecular flexibility index (Phi) is 17.4. The highest BCUT2D eigenvalue weighted by Gasteiger charge is 2.47. The summed E-state index contributed by atoms with van der Waals surface area (Å²) in [4.78, 5) is 77.9. The number of nitrogens with two attached hydrogens (primary N) is 3. The molecule has 15 atom stereocenters. The van der Waals surface area contributed by atoms with Gasteiger partial charge in [0.15, 0.2) is 0 Å². The summed E-state index contributed by atoms with van der Waals surface area (Å²) in [5.41, 5.74) is 13.4. The van der Waals surface area contributed by atoms with E-state index in [1.165, 1.54) is 43.7 Å². The van der Waals surface area contributed by atoms with Crippen molar-refractivity contribution in [3.05, 3.63) is 100 Å². The summed E-state index contributed by atoms with van der Waals surface area (Å²) in [7, 11) is 0. The summed E-state index contributed by atoms with van der Waals surface area (Å²) >= 11 is 12.4. The summed E-state index contributed by atoms with van der Waals surface area (Å²) in [5.74, 6) is -0.233. The van der Waals surface area contributed by atoms with Crippen molar-refractivity contribution >= 4 is 74.6 Å². The largest absolute Gasteiger partial charge is 0.394 e. The fourth-order valence-corrected chi connectivity index (χ4v) is 12.9. The van der Waals surface area contributed by atoms with Gasteiger partial charge in [-0.2, -0.15) is 15.0 Å². The molecule has 37 heteroatoms. The molecule has 4 aliphatic rings. The van der Waals surface area contributed by atoms with Crippen LogP contribution < -0.4 is 45.5 Å². The third kappa shape index (κ3) is 13.7. The molecule has 74 heavy (non-hydrogen) atoms. The highest BCUT2D eigenvalue weighted by atomic mass is 32.7. The lowest BCUT2D eigenvalue weighted by molar-refractivity contribution is -0.0510. The van der Waals surface area contributed by atoms with Gasteiger partial charge >= 0.3 is 43.2 Å². The van der Waals surface area contributed by atoms with E-state index < -0.39 is 149 Å². The normalized spacial score (nSPS) is 30.5. The van der Waals surface area contributed by atoms with Gasteiger partial charge < -0.3 is 51.3 Å². The molecule has 0 aromatic carbocycles. The van der Waals surface area contributed by atoms with Crippen LogP contribution in [0.4, 0.5) is 17.5 Å². The molecule has 4 aromatic rings. The minimum atomic E-state index is -4.58. The number of nitrogen functional groups attached to an aromatic ring is 3. The summed E-state index contributed by atoms with van der Waals surface area (Å²) in [5, 5.41) is 20.8. The summed E-state index contributed by atoms with van der Waals surface area (Å²) in [6.07, 6.45) is -10.9. The van der Waals surface area contributed by atoms with Crippen LogP contribution in [0.25, 0.3) is 0 Å². The van der Waals surface area contributed by atoms with Crippen LogP contribution in [0.2, 0.25) is 0 Å². The van der Waals surface area contributed by atoms with E-state index in [1.54, 1.807) is 0 Å². The van der Waals surface area contributed by atoms with Crippen molar-refractivity contribution in [3.63, 3.8) is 0 Å². The Hall–Kier alpha value is -4.02. The van der Waals surface area contributed by atoms with Gasteiger partial charge in [0, 0.05) is 55.9 Å². The average Bonchev–Trinajstić information content (AvgIpc) is 4.10. The molecular weight excluding hydrogens is 1110 g/mol. The Morgan fingerprint density at radius 1 is 0.662 bits per heavy atom. The first-order chi connectivity index (χ1) is 34.8. The maximum Gasteiger partial charge on any atom is 0.386 e. The van der Waals surface area contributed by atoms with Gasteiger partial charge in [0.05, 0.1) is 44.3 Å². The van der Waals surface area contributed by atoms with E-state index in [4.69, 9.17) is 63.3 Å². The number of aliphatic hydroxyl groups is 2. The van der Waals surface area contributed by atoms with Crippen molar-refractivity contribution in [1.29, 1.82) is 0 Å². The van der Waals surface area contributed by atoms with Crippen molar-refractivity contribution in [2.45, 2.75) is 106 Å². The van der Waals surface area contributed by atoms with Crippen molar-refractivity contribution in [2.75, 3.05) is 43.6 Å². The Balaban J connectivity index is 0.949. The van der Waals surface area contributed by atoms with Crippen molar-refractivity contribution in [2.24, 2.45) is 0 Å². The zero-order valence-electron chi connectivity index (χ0n) is 38.4. The molecule has 8 heterocycles. The molecule has 0 saturated carbocycles. The van der Waals surface area contributed by atoms with Crippen molar-refractivity contribution in [3.8, 4) is 0 Å². The Morgan fingerprint density at radius 2 is 1.14 bits per heavy atom. The minimum Gasteiger partial charge on any atom is -0.394 e. The lowest BCUT2D eigenvalue weighted by atomic mass is 10.1. The number of nitrogens with one attached hydrogen (secondary N) is 2. The molecule has 0 radical (unpaired) electrons. The fraction of sp³-hybridized carbons (Fsp3) is 0.568. The highest BCUT2D eigenvalue weighted by molar-refractivity contribution is 8.45. The molecule has 4 aliphatic heterocycles. The van der Waals surface area contributed by atoms with Gasteiger partial charge in [-0.05, 0) is 19.1 Å². The van der Waals surface area contributed by atoms with Crippen molar-refractivity contribution in [1.82, 2.24) is 38.6 Å². The van der Waals surface area contributed by atoms with Gasteiger partial charge in [0.25, 0.3) is 5.56 Å². The van der Waals surface area contributed by atoms with E-state index >= 15 is 0 Å². The summed E-state index contributed by atoms with van der Waals surface area (Å²) < 4.78 is 103. The number of aliphatic hydroxyl groups excluding tert-OH is 2. The van der Waals surface area contributed by atoms with Crippen LogP contribution in [-0.4, -0.2) is 124 Å². The first-order valence-electron chi connectivity index (χ1n) is 22.1. The number of ether oxygens (including phenoxy) is 4. The number of H-pyrrole nitrogens is 2. The topological polar surface area (TPSA) is 432 Å². The van der Waals surface area contributed by atoms with Crippen molar-refractivity contribution < 1.29 is 70.0 Å². The van der Waals surface area contributed by atoms with Gasteiger partial charge in [-0.3, -0.25) is 50.6 Å². The van der Waals surface area contributed by atoms with Gasteiger partial charge in [-0.1, -0.05) is 36.7 Å². The smallest absolute Gasteiger partial charge is 0.386 e. The second kappa shape index (κ2) is 22.9. The summed E-state index contributed by atoms with van der Waals surface area (Å²) in [6.45, 7) is -14.5. The van der Waals surface area contributed by atoms with E-state index in [-0.39, 0.29) is 54.4 Å². The second-order valence-corrected chi connectivity index (χ2v) is 25.7. The SMILES string of the molecule is Cc1cn([C@H]2CC(OP(=O)(S)OC[C@H]3O[C@@H](n4ccc(N)nc4=O)CC3O)[C@@H](COP(=O)(S)OC3C[C@H](c4cc(N)nc(=O)[nH]4)O[C@@H]3COP(=O)(S)OC3C[C@H](n4ccc(N)nc4=O)O[C@@H]3CO)O2)c(=O)[nH]c1=O. The number of aromatic amines is 2. The molecule has 0 spiro atoms. The van der Waals surface area contributed by atoms with Gasteiger partial charge in [0.2, 0.25) is 0 Å². The maximum atomic E-state index is 14.2. The standard InChI is InChI=1S/C37H50N11O20P3S3/c1-16-11-48(37(55)45-33(16)51)32-10-22(68-69(56,72)59-13-24-18(50)7-30(64-24)46-4-2-27(38)43-35(46)53)26(65-32)15-61-70(57,73)66-20-8-19(17-6-29(40)42-34(52)41-17)62-25(20)14-60-71(58,74)67-21-9-31(63-23(21)12-49)47-5-3-28(39)44-36(47)54/h2-6,11,18-26,30-32,49-50H,7-10,12-15H2,1H3,(H,56,72)(H,57,73)(H,58,74)(H2,38,43,53)(H2,39,44,54)(H,45,51,55)(H3,40,41,42,52)/t18?,19-,20?,21?,22?,23-,24-,25-,26-,30-,31-,32-,69?,70?,71?/m1/s1. The molecule has 31 nitrogen and oxygen atoms in total. The number of nitrogens with zero attached hydrogens (tertiary/aromatic N) is 6. The van der Waals surface area contributed by atoms with Crippen LogP contribution >= 0.6 is 57.1 Å². The Bertz CT molecular complexity index is 3170. The van der Waals surface area contributed by atoms with E-state index in [9.17, 15) is 47.9 Å². The number of thiol groups is 3. The van der Waals surface area contributed by atoms with Crippen LogP contribution in [0.3, 0.4) is 0 Å². The summed E-state index contributed by atoms with van der Waals surface area (Å²) in [6, 6.07) is 4.02. The Morgan fingerprint density at radius 3 is 1.68 bits per heavy atom. The van der Waals surface area contributed by atoms with E-state index in [0.717, 1.165) is 13.7 Å². The molecular formula is C37H50N11O20P3S3. The molecule has 7 unspecified atom stereocenters. The number of aromatic nitrogens is 8. The molecule has 406 valence electrons. The van der Waals surface area contributed by atoms with Crippen LogP contribution in [0.1, 0.15) is 61.7 Å². The zero-order valence-corrected chi connectivity index (χ0v) is 43.8. The minimum absolute atomic E-state index is 0.0275. The molecule has 4 fully saturated rings. The number of hydrogen-bond acceptors (Lipinski definition) is 26. The third-order valence-electron chi connectivity index (χ3n) is 11.9. The molecule has 4 aromatic heterocycles. The quantitative estimate of drug-likeness (QED) is 0.0419. The van der Waals surface area contributed by atoms with Crippen LogP contribution in [0.15, 0.2) is 60.8 Å². The monoisotopic (exact) mass is 1160 g/mol. The predicted molar refractivity (Wildman–Crippen MR) is 264 cm³/mol. The predicted octanol–water partition coefficient (Wildman–Crippen LogP) is 0.254. The molecule has 8 rings (SSSR count).